The molecule has 85 valence electrons. The maximum Gasteiger partial charge on any atom is -0.000697 e. The van der Waals surface area contributed by atoms with Crippen molar-refractivity contribution in [3.8, 4) is 11.1 Å². The molecule has 2 aromatic rings. The Bertz CT molecular complexity index is 618. The van der Waals surface area contributed by atoms with Crippen molar-refractivity contribution < 1.29 is 0 Å². The van der Waals surface area contributed by atoms with Crippen molar-refractivity contribution in [3.63, 3.8) is 0 Å². The van der Waals surface area contributed by atoms with Crippen molar-refractivity contribution in [2.24, 2.45) is 0 Å². The number of aryl methyl sites for hydroxylation is 2. The first-order valence-corrected chi connectivity index (χ1v) is 6.20. The molecule has 0 heteroatoms. The third kappa shape index (κ3) is 1.37. The van der Waals surface area contributed by atoms with Crippen molar-refractivity contribution in [2.45, 2.75) is 34.1 Å². The van der Waals surface area contributed by atoms with Crippen LogP contribution in [-0.2, 0) is 6.42 Å². The van der Waals surface area contributed by atoms with E-state index in [4.69, 9.17) is 0 Å². The first-order chi connectivity index (χ1) is 8.09. The standard InChI is InChI=1S/C17H17/c1-10-6-5-7-14-9-15-8-11(2)12(3)13(4)17(15)16(10)14/h5-7H,9H2,1-4H3. The minimum Gasteiger partial charge on any atom is -0.0617 e. The third-order valence-electron chi connectivity index (χ3n) is 4.12. The molecular weight excluding hydrogens is 204 g/mol. The number of hydrogen-bond donors (Lipinski definition) is 0. The van der Waals surface area contributed by atoms with E-state index in [0.29, 0.717) is 0 Å². The molecular formula is C17H17. The zero-order valence-electron chi connectivity index (χ0n) is 10.9. The molecule has 0 bridgehead atoms. The fraction of sp³-hybridized carbons (Fsp3) is 0.294. The predicted octanol–water partition coefficient (Wildman–Crippen LogP) is 4.29. The van der Waals surface area contributed by atoms with E-state index in [9.17, 15) is 0 Å². The fourth-order valence-corrected chi connectivity index (χ4v) is 2.97. The molecule has 1 aliphatic carbocycles. The van der Waals surface area contributed by atoms with Crippen LogP contribution in [0.15, 0.2) is 18.2 Å². The molecule has 0 aliphatic heterocycles. The summed E-state index contributed by atoms with van der Waals surface area (Å²) in [5.41, 5.74) is 11.3. The average molecular weight is 221 g/mol. The van der Waals surface area contributed by atoms with Gasteiger partial charge in [0.25, 0.3) is 0 Å². The van der Waals surface area contributed by atoms with Gasteiger partial charge in [-0.25, -0.2) is 0 Å². The molecule has 0 saturated heterocycles. The van der Waals surface area contributed by atoms with Gasteiger partial charge in [-0.05, 0) is 84.7 Å². The highest BCUT2D eigenvalue weighted by Gasteiger charge is 2.23. The van der Waals surface area contributed by atoms with Gasteiger partial charge in [0, 0.05) is 0 Å². The SMILES string of the molecule is Cc1[c]c2c(c(C)c1C)-c1c(C)cccc1C2. The first kappa shape index (κ1) is 10.6. The summed E-state index contributed by atoms with van der Waals surface area (Å²) < 4.78 is 0. The smallest absolute Gasteiger partial charge is 0.000697 e. The number of fused-ring (bicyclic) bond motifs is 3. The molecule has 0 atom stereocenters. The zero-order chi connectivity index (χ0) is 12.2. The highest BCUT2D eigenvalue weighted by Crippen LogP contribution is 2.42. The summed E-state index contributed by atoms with van der Waals surface area (Å²) in [6.07, 6.45) is 1.05. The molecule has 0 fully saturated rings. The summed E-state index contributed by atoms with van der Waals surface area (Å²) in [6.45, 7) is 8.83. The Morgan fingerprint density at radius 2 is 1.71 bits per heavy atom. The van der Waals surface area contributed by atoms with Crippen LogP contribution in [0, 0.1) is 33.8 Å². The van der Waals surface area contributed by atoms with Gasteiger partial charge in [0.1, 0.15) is 0 Å². The Labute approximate surface area is 103 Å². The van der Waals surface area contributed by atoms with Gasteiger partial charge in [-0.1, -0.05) is 18.2 Å². The minimum atomic E-state index is 1.05. The van der Waals surface area contributed by atoms with Gasteiger partial charge in [-0.2, -0.15) is 0 Å². The van der Waals surface area contributed by atoms with E-state index in [-0.39, 0.29) is 0 Å². The van der Waals surface area contributed by atoms with E-state index < -0.39 is 0 Å². The first-order valence-electron chi connectivity index (χ1n) is 6.20. The lowest BCUT2D eigenvalue weighted by atomic mass is 9.92. The van der Waals surface area contributed by atoms with Crippen LogP contribution in [0.2, 0.25) is 0 Å². The second kappa shape index (κ2) is 3.46. The van der Waals surface area contributed by atoms with Crippen LogP contribution in [0.4, 0.5) is 0 Å². The predicted molar refractivity (Wildman–Crippen MR) is 72.5 cm³/mol. The molecule has 0 heterocycles. The second-order valence-corrected chi connectivity index (χ2v) is 5.14. The monoisotopic (exact) mass is 221 g/mol. The molecule has 2 aromatic carbocycles. The molecule has 0 amide bonds. The molecule has 17 heavy (non-hydrogen) atoms. The Morgan fingerprint density at radius 3 is 2.47 bits per heavy atom. The summed E-state index contributed by atoms with van der Waals surface area (Å²) in [6, 6.07) is 10.2. The van der Waals surface area contributed by atoms with Crippen LogP contribution in [0.1, 0.15) is 33.4 Å². The maximum atomic E-state index is 3.57. The summed E-state index contributed by atoms with van der Waals surface area (Å²) in [5.74, 6) is 0. The van der Waals surface area contributed by atoms with E-state index in [1.165, 1.54) is 44.5 Å². The lowest BCUT2D eigenvalue weighted by Crippen LogP contribution is -1.93. The van der Waals surface area contributed by atoms with Crippen molar-refractivity contribution in [2.75, 3.05) is 0 Å². The average Bonchev–Trinajstić information content (AvgIpc) is 2.65. The van der Waals surface area contributed by atoms with Crippen LogP contribution in [0.25, 0.3) is 11.1 Å². The highest BCUT2D eigenvalue weighted by molar-refractivity contribution is 5.82. The molecule has 3 rings (SSSR count). The Hall–Kier alpha value is -1.56. The van der Waals surface area contributed by atoms with E-state index >= 15 is 0 Å². The number of hydrogen-bond acceptors (Lipinski definition) is 0. The highest BCUT2D eigenvalue weighted by atomic mass is 14.3. The van der Waals surface area contributed by atoms with Crippen molar-refractivity contribution in [1.82, 2.24) is 0 Å². The molecule has 0 unspecified atom stereocenters. The lowest BCUT2D eigenvalue weighted by Gasteiger charge is -2.13. The van der Waals surface area contributed by atoms with Gasteiger partial charge in [0.05, 0.1) is 0 Å². The normalized spacial score (nSPS) is 12.5. The molecule has 1 aliphatic rings. The molecule has 0 saturated carbocycles. The summed E-state index contributed by atoms with van der Waals surface area (Å²) in [5, 5.41) is 0. The van der Waals surface area contributed by atoms with Gasteiger partial charge in [0.2, 0.25) is 0 Å². The van der Waals surface area contributed by atoms with E-state index in [1.54, 1.807) is 0 Å². The van der Waals surface area contributed by atoms with Gasteiger partial charge in [-0.3, -0.25) is 0 Å². The number of rotatable bonds is 0. The van der Waals surface area contributed by atoms with Crippen molar-refractivity contribution >= 4 is 0 Å². The Morgan fingerprint density at radius 1 is 0.941 bits per heavy atom. The topological polar surface area (TPSA) is 0 Å². The molecule has 0 spiro atoms. The summed E-state index contributed by atoms with van der Waals surface area (Å²) >= 11 is 0. The minimum absolute atomic E-state index is 1.05. The fourth-order valence-electron chi connectivity index (χ4n) is 2.97. The summed E-state index contributed by atoms with van der Waals surface area (Å²) in [4.78, 5) is 0. The quantitative estimate of drug-likeness (QED) is 0.531. The van der Waals surface area contributed by atoms with Crippen LogP contribution in [0.5, 0.6) is 0 Å². The molecule has 0 aromatic heterocycles. The largest absolute Gasteiger partial charge is 0.0617 e. The maximum absolute atomic E-state index is 3.57. The van der Waals surface area contributed by atoms with E-state index in [1.807, 2.05) is 0 Å². The van der Waals surface area contributed by atoms with E-state index in [0.717, 1.165) is 6.42 Å². The third-order valence-corrected chi connectivity index (χ3v) is 4.12. The molecule has 1 radical (unpaired) electrons. The molecule has 0 N–H and O–H groups in total. The Balaban J connectivity index is 2.39. The van der Waals surface area contributed by atoms with Crippen LogP contribution >= 0.6 is 0 Å². The van der Waals surface area contributed by atoms with Crippen LogP contribution < -0.4 is 0 Å². The lowest BCUT2D eigenvalue weighted by molar-refractivity contribution is 1.20. The van der Waals surface area contributed by atoms with Gasteiger partial charge < -0.3 is 0 Å². The van der Waals surface area contributed by atoms with E-state index in [2.05, 4.69) is 52.0 Å². The molecule has 0 nitrogen and oxygen atoms in total. The van der Waals surface area contributed by atoms with Crippen molar-refractivity contribution in [3.05, 3.63) is 57.6 Å². The van der Waals surface area contributed by atoms with Crippen LogP contribution in [-0.4, -0.2) is 0 Å². The van der Waals surface area contributed by atoms with Gasteiger partial charge >= 0.3 is 0 Å². The summed E-state index contributed by atoms with van der Waals surface area (Å²) in [7, 11) is 0. The van der Waals surface area contributed by atoms with Crippen molar-refractivity contribution in [1.29, 1.82) is 0 Å². The van der Waals surface area contributed by atoms with Gasteiger partial charge in [0.15, 0.2) is 0 Å². The zero-order valence-corrected chi connectivity index (χ0v) is 10.9. The Kier molecular flexibility index (Phi) is 2.16. The number of benzene rings is 2. The second-order valence-electron chi connectivity index (χ2n) is 5.14. The van der Waals surface area contributed by atoms with Crippen LogP contribution in [0.3, 0.4) is 0 Å². The van der Waals surface area contributed by atoms with Gasteiger partial charge in [-0.15, -0.1) is 0 Å².